The third kappa shape index (κ3) is 4.83. The summed E-state index contributed by atoms with van der Waals surface area (Å²) in [6.45, 7) is 7.29. The lowest BCUT2D eigenvalue weighted by molar-refractivity contribution is 0.410. The van der Waals surface area contributed by atoms with Crippen molar-refractivity contribution in [3.05, 3.63) is 178 Å². The number of benzene rings is 4. The minimum Gasteiger partial charge on any atom is -0.496 e. The molecular formula is C45H41O2Si. The predicted molar refractivity (Wildman–Crippen MR) is 204 cm³/mol. The number of ether oxygens (including phenoxy) is 2. The summed E-state index contributed by atoms with van der Waals surface area (Å²) >= 11 is 0. The van der Waals surface area contributed by atoms with Crippen LogP contribution >= 0.6 is 0 Å². The lowest BCUT2D eigenvalue weighted by Crippen LogP contribution is -2.26. The molecule has 3 heteroatoms. The van der Waals surface area contributed by atoms with Gasteiger partial charge in [-0.2, -0.15) is 0 Å². The summed E-state index contributed by atoms with van der Waals surface area (Å²) in [4.78, 5) is 0. The minimum absolute atomic E-state index is 0.117. The molecule has 0 aromatic heterocycles. The van der Waals surface area contributed by atoms with Crippen LogP contribution in [0.1, 0.15) is 36.8 Å². The van der Waals surface area contributed by atoms with Gasteiger partial charge in [0.2, 0.25) is 0 Å². The van der Waals surface area contributed by atoms with E-state index in [0.717, 1.165) is 11.5 Å². The molecule has 0 heterocycles. The molecule has 4 atom stereocenters. The van der Waals surface area contributed by atoms with Crippen molar-refractivity contribution in [2.24, 2.45) is 0 Å². The average molecular weight is 642 g/mol. The molecule has 0 aliphatic heterocycles. The van der Waals surface area contributed by atoms with Gasteiger partial charge in [0, 0.05) is 23.0 Å². The molecule has 48 heavy (non-hydrogen) atoms. The lowest BCUT2D eigenvalue weighted by atomic mass is 9.85. The quantitative estimate of drug-likeness (QED) is 0.195. The maximum atomic E-state index is 6.03. The van der Waals surface area contributed by atoms with Gasteiger partial charge in [0.15, 0.2) is 0 Å². The molecule has 237 valence electrons. The fourth-order valence-electron chi connectivity index (χ4n) is 8.88. The van der Waals surface area contributed by atoms with E-state index >= 15 is 0 Å². The van der Waals surface area contributed by atoms with Crippen molar-refractivity contribution in [3.8, 4) is 11.5 Å². The van der Waals surface area contributed by atoms with Crippen LogP contribution < -0.4 is 9.47 Å². The van der Waals surface area contributed by atoms with Gasteiger partial charge in [-0.1, -0.05) is 139 Å². The number of methoxy groups -OCH3 is 2. The number of allylic oxidation sites excluding steroid dienone is 16. The number of hydrogen-bond donors (Lipinski definition) is 0. The van der Waals surface area contributed by atoms with Gasteiger partial charge in [0.1, 0.15) is 11.5 Å². The normalized spacial score (nSPS) is 23.0. The second-order valence-corrected chi connectivity index (χ2v) is 16.1. The Labute approximate surface area is 286 Å². The molecule has 0 saturated carbocycles. The fourth-order valence-corrected chi connectivity index (χ4v) is 12.3. The van der Waals surface area contributed by atoms with Crippen molar-refractivity contribution < 1.29 is 9.47 Å². The van der Waals surface area contributed by atoms with Crippen LogP contribution in [-0.4, -0.2) is 23.0 Å². The maximum Gasteiger partial charge on any atom is 0.123 e. The van der Waals surface area contributed by atoms with Gasteiger partial charge >= 0.3 is 0 Å². The highest BCUT2D eigenvalue weighted by Gasteiger charge is 2.41. The van der Waals surface area contributed by atoms with Crippen LogP contribution in [0.3, 0.4) is 0 Å². The summed E-state index contributed by atoms with van der Waals surface area (Å²) in [5, 5.41) is 5.00. The summed E-state index contributed by atoms with van der Waals surface area (Å²) in [7, 11) is 2.58. The highest BCUT2D eigenvalue weighted by atomic mass is 28.3. The summed E-state index contributed by atoms with van der Waals surface area (Å²) < 4.78 is 12.1. The van der Waals surface area contributed by atoms with E-state index in [-0.39, 0.29) is 11.8 Å². The van der Waals surface area contributed by atoms with E-state index in [9.17, 15) is 0 Å². The Balaban J connectivity index is 1.23. The fraction of sp³-hybridized carbons (Fsp3) is 0.200. The molecule has 0 bridgehead atoms. The van der Waals surface area contributed by atoms with Crippen molar-refractivity contribution in [2.45, 2.75) is 43.3 Å². The Hall–Kier alpha value is -4.86. The van der Waals surface area contributed by atoms with Crippen LogP contribution in [0.4, 0.5) is 0 Å². The largest absolute Gasteiger partial charge is 0.496 e. The van der Waals surface area contributed by atoms with Gasteiger partial charge < -0.3 is 9.47 Å². The molecule has 8 rings (SSSR count). The first-order chi connectivity index (χ1) is 23.5. The van der Waals surface area contributed by atoms with E-state index in [4.69, 9.17) is 9.47 Å². The zero-order valence-corrected chi connectivity index (χ0v) is 29.3. The molecule has 0 saturated heterocycles. The molecule has 4 aromatic rings. The van der Waals surface area contributed by atoms with Crippen molar-refractivity contribution in [1.29, 1.82) is 0 Å². The molecule has 4 aromatic carbocycles. The molecule has 0 spiro atoms. The molecule has 0 N–H and O–H groups in total. The maximum absolute atomic E-state index is 6.03. The number of fused-ring (bicyclic) bond motifs is 2. The first kappa shape index (κ1) is 30.5. The third-order valence-electron chi connectivity index (χ3n) is 10.9. The smallest absolute Gasteiger partial charge is 0.123 e. The molecule has 4 aliphatic rings. The van der Waals surface area contributed by atoms with Crippen LogP contribution in [0.15, 0.2) is 167 Å². The summed E-state index contributed by atoms with van der Waals surface area (Å²) in [6, 6.07) is 26.0. The van der Waals surface area contributed by atoms with Gasteiger partial charge in [-0.25, -0.2) is 0 Å². The van der Waals surface area contributed by atoms with Gasteiger partial charge in [-0.05, 0) is 80.9 Å². The van der Waals surface area contributed by atoms with E-state index < -0.39 is 8.80 Å². The molecule has 1 radical (unpaired) electrons. The highest BCUT2D eigenvalue weighted by Crippen LogP contribution is 2.55. The molecule has 4 unspecified atom stereocenters. The number of rotatable bonds is 6. The second-order valence-electron chi connectivity index (χ2n) is 13.5. The zero-order chi connectivity index (χ0) is 32.9. The van der Waals surface area contributed by atoms with E-state index in [1.165, 1.54) is 66.1 Å². The standard InChI is InChI=1S/C45H41O2Si/c1-28-26-38-34(42-32-16-8-6-14-30(32)22-24-40(42)46-3)18-10-12-20-36(38)44(28)48(5)45-29(2)27-39-35(19-11-13-21-37(39)45)43-33-17-9-7-15-31(33)23-25-41(43)47-4/h6-27,34-35,44-45H,1-5H3. The van der Waals surface area contributed by atoms with E-state index in [0.29, 0.717) is 11.1 Å². The Bertz CT molecular complexity index is 2060. The van der Waals surface area contributed by atoms with E-state index in [2.05, 4.69) is 154 Å². The topological polar surface area (TPSA) is 18.5 Å². The molecular weight excluding hydrogens is 601 g/mol. The molecule has 0 fully saturated rings. The molecule has 4 aliphatic carbocycles. The molecule has 2 nitrogen and oxygen atoms in total. The van der Waals surface area contributed by atoms with Crippen molar-refractivity contribution in [3.63, 3.8) is 0 Å². The van der Waals surface area contributed by atoms with E-state index in [1.54, 1.807) is 14.2 Å². The Morgan fingerprint density at radius 3 is 1.40 bits per heavy atom. The predicted octanol–water partition coefficient (Wildman–Crippen LogP) is 11.5. The van der Waals surface area contributed by atoms with Crippen LogP contribution in [0.2, 0.25) is 17.6 Å². The van der Waals surface area contributed by atoms with Gasteiger partial charge in [-0.3, -0.25) is 0 Å². The summed E-state index contributed by atoms with van der Waals surface area (Å²) in [6.07, 6.45) is 23.5. The number of hydrogen-bond acceptors (Lipinski definition) is 2. The average Bonchev–Trinajstić information content (AvgIpc) is 3.43. The minimum atomic E-state index is -1.01. The lowest BCUT2D eigenvalue weighted by Gasteiger charge is -2.30. The van der Waals surface area contributed by atoms with Gasteiger partial charge in [0.05, 0.1) is 23.0 Å². The zero-order valence-electron chi connectivity index (χ0n) is 28.3. The van der Waals surface area contributed by atoms with Crippen molar-refractivity contribution >= 4 is 30.3 Å². The Morgan fingerprint density at radius 2 is 0.958 bits per heavy atom. The van der Waals surface area contributed by atoms with Crippen molar-refractivity contribution in [2.75, 3.05) is 14.2 Å². The summed E-state index contributed by atoms with van der Waals surface area (Å²) in [5.74, 6) is 2.13. The summed E-state index contributed by atoms with van der Waals surface area (Å²) in [5.41, 5.74) is 12.0. The second kappa shape index (κ2) is 12.3. The first-order valence-corrected chi connectivity index (χ1v) is 19.1. The van der Waals surface area contributed by atoms with Crippen LogP contribution in [0, 0.1) is 0 Å². The van der Waals surface area contributed by atoms with Gasteiger partial charge in [-0.15, -0.1) is 0 Å². The SMILES string of the molecule is COc1ccc2ccccc2c1C1C=CC=CC2=C1C=C(C)C2[Si](C)C1C(C)=CC2=C1C=CC=CC2c1c(OC)ccc2ccccc12. The van der Waals surface area contributed by atoms with Crippen LogP contribution in [0.25, 0.3) is 21.5 Å². The van der Waals surface area contributed by atoms with Gasteiger partial charge in [0.25, 0.3) is 0 Å². The highest BCUT2D eigenvalue weighted by molar-refractivity contribution is 6.64. The molecule has 0 amide bonds. The van der Waals surface area contributed by atoms with Crippen LogP contribution in [0.5, 0.6) is 11.5 Å². The Kier molecular flexibility index (Phi) is 7.81. The monoisotopic (exact) mass is 641 g/mol. The first-order valence-electron chi connectivity index (χ1n) is 17.0. The van der Waals surface area contributed by atoms with Crippen molar-refractivity contribution in [1.82, 2.24) is 0 Å². The third-order valence-corrected chi connectivity index (χ3v) is 14.2. The Morgan fingerprint density at radius 1 is 0.521 bits per heavy atom. The van der Waals surface area contributed by atoms with Crippen LogP contribution in [-0.2, 0) is 0 Å². The van der Waals surface area contributed by atoms with E-state index in [1.807, 2.05) is 0 Å².